The van der Waals surface area contributed by atoms with E-state index in [4.69, 9.17) is 9.47 Å². The number of carbonyl (C=O) groups excluding carboxylic acids is 3. The number of aromatic nitrogens is 1. The van der Waals surface area contributed by atoms with Crippen LogP contribution in [0.15, 0.2) is 23.2 Å². The van der Waals surface area contributed by atoms with Crippen LogP contribution in [-0.4, -0.2) is 36.6 Å². The molecule has 0 saturated heterocycles. The topological polar surface area (TPSA) is 87.0 Å². The van der Waals surface area contributed by atoms with Crippen LogP contribution in [0.4, 0.5) is 0 Å². The van der Waals surface area contributed by atoms with Gasteiger partial charge in [-0.15, -0.1) is 0 Å². The number of benzene rings is 1. The number of nitrogens with zero attached hydrogens (tertiary/aromatic N) is 2. The molecule has 1 aliphatic carbocycles. The molecule has 0 aliphatic heterocycles. The molecule has 0 bridgehead atoms. The smallest absolute Gasteiger partial charge is 0.337 e. The van der Waals surface area contributed by atoms with Crippen molar-refractivity contribution < 1.29 is 23.9 Å². The minimum Gasteiger partial charge on any atom is -0.468 e. The van der Waals surface area contributed by atoms with E-state index in [1.54, 1.807) is 22.8 Å². The number of methoxy groups -OCH3 is 2. The normalized spacial score (nSPS) is 15.0. The first-order chi connectivity index (χ1) is 12.0. The molecular weight excluding hydrogens is 344 g/mol. The Morgan fingerprint density at radius 2 is 2.00 bits per heavy atom. The molecule has 132 valence electrons. The molecule has 1 aliphatic rings. The summed E-state index contributed by atoms with van der Waals surface area (Å²) >= 11 is 1.26. The number of amides is 1. The zero-order chi connectivity index (χ0) is 18.0. The number of ether oxygens (including phenoxy) is 2. The number of carbonyl (C=O) groups is 3. The van der Waals surface area contributed by atoms with Crippen molar-refractivity contribution in [2.45, 2.75) is 25.8 Å². The first-order valence-electron chi connectivity index (χ1n) is 7.90. The first-order valence-corrected chi connectivity index (χ1v) is 8.72. The van der Waals surface area contributed by atoms with E-state index >= 15 is 0 Å². The lowest BCUT2D eigenvalue weighted by Crippen LogP contribution is -2.26. The van der Waals surface area contributed by atoms with Gasteiger partial charge < -0.3 is 14.0 Å². The van der Waals surface area contributed by atoms with Gasteiger partial charge in [0, 0.05) is 5.92 Å². The van der Waals surface area contributed by atoms with Gasteiger partial charge in [-0.25, -0.2) is 4.79 Å². The van der Waals surface area contributed by atoms with Crippen molar-refractivity contribution in [1.82, 2.24) is 4.57 Å². The lowest BCUT2D eigenvalue weighted by molar-refractivity contribution is -0.141. The van der Waals surface area contributed by atoms with E-state index in [2.05, 4.69) is 4.99 Å². The van der Waals surface area contributed by atoms with E-state index in [0.717, 1.165) is 24.0 Å². The Labute approximate surface area is 147 Å². The molecule has 0 radical (unpaired) electrons. The van der Waals surface area contributed by atoms with Gasteiger partial charge in [0.25, 0.3) is 5.91 Å². The van der Waals surface area contributed by atoms with Gasteiger partial charge in [-0.1, -0.05) is 17.8 Å². The fourth-order valence-electron chi connectivity index (χ4n) is 2.59. The highest BCUT2D eigenvalue weighted by molar-refractivity contribution is 7.16. The summed E-state index contributed by atoms with van der Waals surface area (Å²) in [5.41, 5.74) is 1.11. The lowest BCUT2D eigenvalue weighted by Gasteiger charge is -2.20. The van der Waals surface area contributed by atoms with Crippen molar-refractivity contribution in [2.75, 3.05) is 14.2 Å². The highest BCUT2D eigenvalue weighted by atomic mass is 32.1. The Morgan fingerprint density at radius 3 is 2.60 bits per heavy atom. The van der Waals surface area contributed by atoms with Gasteiger partial charge in [0.05, 0.1) is 30.0 Å². The molecule has 2 aromatic rings. The number of hydrogen-bond acceptors (Lipinski definition) is 6. The maximum atomic E-state index is 12.2. The average Bonchev–Trinajstić information content (AvgIpc) is 2.88. The second-order valence-corrected chi connectivity index (χ2v) is 6.81. The standard InChI is InChI=1S/C17H18N2O5S/c1-23-14(20)9-19-12-7-6-11(16(22)24-2)8-13(12)25-17(19)18-15(21)10-4-3-5-10/h6-8,10H,3-5,9H2,1-2H3. The third-order valence-electron chi connectivity index (χ3n) is 4.28. The van der Waals surface area contributed by atoms with Crippen molar-refractivity contribution in [3.8, 4) is 0 Å². The van der Waals surface area contributed by atoms with Crippen LogP contribution >= 0.6 is 11.3 Å². The van der Waals surface area contributed by atoms with Gasteiger partial charge in [0.15, 0.2) is 4.80 Å². The SMILES string of the molecule is COC(=O)Cn1c(=NC(=O)C2CCC2)sc2cc(C(=O)OC)ccc21. The zero-order valence-corrected chi connectivity index (χ0v) is 14.8. The van der Waals surface area contributed by atoms with Gasteiger partial charge in [0.1, 0.15) is 6.54 Å². The van der Waals surface area contributed by atoms with Crippen LogP contribution in [-0.2, 0) is 25.6 Å². The van der Waals surface area contributed by atoms with Gasteiger partial charge in [-0.3, -0.25) is 9.59 Å². The molecule has 1 aromatic heterocycles. The predicted molar refractivity (Wildman–Crippen MR) is 91.1 cm³/mol. The molecule has 0 N–H and O–H groups in total. The third kappa shape index (κ3) is 3.48. The second-order valence-electron chi connectivity index (χ2n) is 5.80. The molecule has 1 heterocycles. The van der Waals surface area contributed by atoms with E-state index in [1.807, 2.05) is 0 Å². The maximum Gasteiger partial charge on any atom is 0.337 e. The molecule has 3 rings (SSSR count). The molecule has 0 spiro atoms. The predicted octanol–water partition coefficient (Wildman–Crippen LogP) is 1.89. The highest BCUT2D eigenvalue weighted by Gasteiger charge is 2.25. The van der Waals surface area contributed by atoms with Crippen molar-refractivity contribution in [3.05, 3.63) is 28.6 Å². The van der Waals surface area contributed by atoms with E-state index in [0.29, 0.717) is 15.9 Å². The molecule has 8 heteroatoms. The van der Waals surface area contributed by atoms with Gasteiger partial charge >= 0.3 is 11.9 Å². The van der Waals surface area contributed by atoms with Crippen molar-refractivity contribution in [3.63, 3.8) is 0 Å². The summed E-state index contributed by atoms with van der Waals surface area (Å²) in [6.07, 6.45) is 2.76. The number of esters is 2. The Morgan fingerprint density at radius 1 is 1.24 bits per heavy atom. The van der Waals surface area contributed by atoms with E-state index in [-0.39, 0.29) is 18.4 Å². The number of fused-ring (bicyclic) bond motifs is 1. The number of hydrogen-bond donors (Lipinski definition) is 0. The molecule has 7 nitrogen and oxygen atoms in total. The van der Waals surface area contributed by atoms with Gasteiger partial charge in [-0.2, -0.15) is 4.99 Å². The fraction of sp³-hybridized carbons (Fsp3) is 0.412. The number of thiazole rings is 1. The molecule has 0 atom stereocenters. The van der Waals surface area contributed by atoms with Crippen molar-refractivity contribution in [1.29, 1.82) is 0 Å². The third-order valence-corrected chi connectivity index (χ3v) is 5.32. The van der Waals surface area contributed by atoms with Gasteiger partial charge in [0.2, 0.25) is 0 Å². The van der Waals surface area contributed by atoms with Crippen LogP contribution in [0.25, 0.3) is 10.2 Å². The molecule has 1 aromatic carbocycles. The van der Waals surface area contributed by atoms with Crippen LogP contribution in [0.3, 0.4) is 0 Å². The van der Waals surface area contributed by atoms with Crippen molar-refractivity contribution >= 4 is 39.4 Å². The summed E-state index contributed by atoms with van der Waals surface area (Å²) in [4.78, 5) is 40.3. The summed E-state index contributed by atoms with van der Waals surface area (Å²) in [6, 6.07) is 5.01. The van der Waals surface area contributed by atoms with Crippen LogP contribution in [0.1, 0.15) is 29.6 Å². The van der Waals surface area contributed by atoms with Crippen LogP contribution in [0, 0.1) is 5.92 Å². The summed E-state index contributed by atoms with van der Waals surface area (Å²) < 4.78 is 11.9. The fourth-order valence-corrected chi connectivity index (χ4v) is 3.66. The quantitative estimate of drug-likeness (QED) is 0.775. The zero-order valence-electron chi connectivity index (χ0n) is 14.0. The highest BCUT2D eigenvalue weighted by Crippen LogP contribution is 2.27. The van der Waals surface area contributed by atoms with Crippen LogP contribution in [0.2, 0.25) is 0 Å². The van der Waals surface area contributed by atoms with E-state index in [9.17, 15) is 14.4 Å². The Kier molecular flexibility index (Phi) is 4.98. The molecular formula is C17H18N2O5S. The molecule has 0 unspecified atom stereocenters. The molecule has 1 fully saturated rings. The monoisotopic (exact) mass is 362 g/mol. The largest absolute Gasteiger partial charge is 0.468 e. The maximum absolute atomic E-state index is 12.2. The first kappa shape index (κ1) is 17.3. The Balaban J connectivity index is 2.10. The minimum absolute atomic E-state index is 0.0255. The molecule has 1 amide bonds. The summed E-state index contributed by atoms with van der Waals surface area (Å²) in [7, 11) is 2.62. The molecule has 1 saturated carbocycles. The Hall–Kier alpha value is -2.48. The average molecular weight is 362 g/mol. The van der Waals surface area contributed by atoms with E-state index in [1.165, 1.54) is 25.6 Å². The second kappa shape index (κ2) is 7.18. The summed E-state index contributed by atoms with van der Waals surface area (Å²) in [5, 5.41) is 0. The Bertz CT molecular complexity index is 907. The number of rotatable bonds is 4. The lowest BCUT2D eigenvalue weighted by atomic mass is 9.85. The minimum atomic E-state index is -0.446. The summed E-state index contributed by atoms with van der Waals surface area (Å²) in [5.74, 6) is -1.07. The van der Waals surface area contributed by atoms with Gasteiger partial charge in [-0.05, 0) is 31.0 Å². The van der Waals surface area contributed by atoms with Crippen LogP contribution in [0.5, 0.6) is 0 Å². The van der Waals surface area contributed by atoms with E-state index < -0.39 is 11.9 Å². The van der Waals surface area contributed by atoms with Crippen molar-refractivity contribution in [2.24, 2.45) is 10.9 Å². The summed E-state index contributed by atoms with van der Waals surface area (Å²) in [6.45, 7) is -0.0507. The molecule has 25 heavy (non-hydrogen) atoms. The van der Waals surface area contributed by atoms with Crippen LogP contribution < -0.4 is 4.80 Å².